The van der Waals surface area contributed by atoms with E-state index in [4.69, 9.17) is 9.57 Å². The van der Waals surface area contributed by atoms with Crippen LogP contribution < -0.4 is 0 Å². The number of urea groups is 1. The summed E-state index contributed by atoms with van der Waals surface area (Å²) < 4.78 is 5.34. The third kappa shape index (κ3) is 7.20. The average molecular weight is 328 g/mol. The molecular formula is C17H32N2O4. The van der Waals surface area contributed by atoms with Gasteiger partial charge in [0.2, 0.25) is 0 Å². The van der Waals surface area contributed by atoms with Gasteiger partial charge in [0.25, 0.3) is 0 Å². The largest absolute Gasteiger partial charge is 0.443 e. The third-order valence-corrected chi connectivity index (χ3v) is 4.11. The van der Waals surface area contributed by atoms with Gasteiger partial charge in [0.1, 0.15) is 5.60 Å². The van der Waals surface area contributed by atoms with E-state index in [2.05, 4.69) is 0 Å². The quantitative estimate of drug-likeness (QED) is 0.710. The van der Waals surface area contributed by atoms with Crippen LogP contribution in [0.25, 0.3) is 0 Å². The lowest BCUT2D eigenvalue weighted by Crippen LogP contribution is -2.46. The highest BCUT2D eigenvalue weighted by atomic mass is 16.7. The van der Waals surface area contributed by atoms with Gasteiger partial charge in [0.05, 0.1) is 7.11 Å². The Balaban J connectivity index is 2.59. The molecule has 134 valence electrons. The molecule has 0 atom stereocenters. The molecule has 1 saturated carbocycles. The maximum atomic E-state index is 12.3. The van der Waals surface area contributed by atoms with Crippen LogP contribution in [0.5, 0.6) is 0 Å². The van der Waals surface area contributed by atoms with Crippen LogP contribution in [0, 0.1) is 5.92 Å². The van der Waals surface area contributed by atoms with Crippen molar-refractivity contribution in [1.29, 1.82) is 0 Å². The second kappa shape index (κ2) is 9.11. The molecule has 1 fully saturated rings. The molecular weight excluding hydrogens is 296 g/mol. The molecule has 0 radical (unpaired) electrons. The van der Waals surface area contributed by atoms with Crippen LogP contribution in [0.15, 0.2) is 0 Å². The maximum absolute atomic E-state index is 12.3. The van der Waals surface area contributed by atoms with Gasteiger partial charge < -0.3 is 4.74 Å². The number of carbonyl (C=O) groups excluding carboxylic acids is 2. The highest BCUT2D eigenvalue weighted by molar-refractivity contribution is 5.90. The normalized spacial score (nSPS) is 16.0. The predicted molar refractivity (Wildman–Crippen MR) is 88.9 cm³/mol. The molecule has 1 aliphatic carbocycles. The van der Waals surface area contributed by atoms with E-state index >= 15 is 0 Å². The molecule has 0 spiro atoms. The molecule has 6 nitrogen and oxygen atoms in total. The Morgan fingerprint density at radius 2 is 1.74 bits per heavy atom. The zero-order chi connectivity index (χ0) is 17.5. The van der Waals surface area contributed by atoms with Crippen molar-refractivity contribution in [2.24, 2.45) is 5.92 Å². The number of hydroxylamine groups is 2. The van der Waals surface area contributed by atoms with E-state index in [1.54, 1.807) is 20.8 Å². The number of amides is 3. The zero-order valence-corrected chi connectivity index (χ0v) is 15.3. The van der Waals surface area contributed by atoms with Crippen LogP contribution >= 0.6 is 0 Å². The van der Waals surface area contributed by atoms with E-state index in [0.717, 1.165) is 28.7 Å². The molecule has 0 aromatic carbocycles. The Morgan fingerprint density at radius 3 is 2.26 bits per heavy atom. The van der Waals surface area contributed by atoms with Gasteiger partial charge in [-0.25, -0.2) is 19.6 Å². The van der Waals surface area contributed by atoms with E-state index in [1.807, 2.05) is 0 Å². The minimum absolute atomic E-state index is 0.359. The van der Waals surface area contributed by atoms with Gasteiger partial charge in [-0.3, -0.25) is 4.84 Å². The highest BCUT2D eigenvalue weighted by Crippen LogP contribution is 2.27. The fourth-order valence-electron chi connectivity index (χ4n) is 2.84. The van der Waals surface area contributed by atoms with Crippen molar-refractivity contribution in [3.63, 3.8) is 0 Å². The third-order valence-electron chi connectivity index (χ3n) is 4.11. The summed E-state index contributed by atoms with van der Waals surface area (Å²) in [6.45, 7) is 5.72. The first-order valence-electron chi connectivity index (χ1n) is 8.57. The summed E-state index contributed by atoms with van der Waals surface area (Å²) in [6.07, 6.45) is 7.68. The fraction of sp³-hybridized carbons (Fsp3) is 0.882. The van der Waals surface area contributed by atoms with Crippen LogP contribution in [0.4, 0.5) is 9.59 Å². The molecule has 0 unspecified atom stereocenters. The molecule has 1 rings (SSSR count). The molecule has 3 amide bonds. The van der Waals surface area contributed by atoms with Crippen LogP contribution in [0.3, 0.4) is 0 Å². The Morgan fingerprint density at radius 1 is 1.13 bits per heavy atom. The van der Waals surface area contributed by atoms with Crippen molar-refractivity contribution in [3.8, 4) is 0 Å². The zero-order valence-electron chi connectivity index (χ0n) is 15.3. The average Bonchev–Trinajstić information content (AvgIpc) is 2.49. The Hall–Kier alpha value is -1.30. The monoisotopic (exact) mass is 328 g/mol. The molecule has 0 aromatic rings. The van der Waals surface area contributed by atoms with E-state index < -0.39 is 17.7 Å². The summed E-state index contributed by atoms with van der Waals surface area (Å²) in [4.78, 5) is 30.7. The number of hydrogen-bond donors (Lipinski definition) is 0. The minimum atomic E-state index is -0.634. The molecule has 0 heterocycles. The predicted octanol–water partition coefficient (Wildman–Crippen LogP) is 4.20. The molecule has 0 bridgehead atoms. The van der Waals surface area contributed by atoms with Gasteiger partial charge in [0.15, 0.2) is 0 Å². The summed E-state index contributed by atoms with van der Waals surface area (Å²) in [7, 11) is 2.88. The summed E-state index contributed by atoms with van der Waals surface area (Å²) in [5, 5.41) is 1.05. The molecule has 23 heavy (non-hydrogen) atoms. The molecule has 0 aliphatic heterocycles. The minimum Gasteiger partial charge on any atom is -0.443 e. The van der Waals surface area contributed by atoms with Crippen molar-refractivity contribution >= 4 is 12.1 Å². The van der Waals surface area contributed by atoms with Crippen molar-refractivity contribution in [2.75, 3.05) is 20.7 Å². The lowest BCUT2D eigenvalue weighted by Gasteiger charge is -2.29. The smallest absolute Gasteiger partial charge is 0.418 e. The first kappa shape index (κ1) is 19.7. The first-order chi connectivity index (χ1) is 10.7. The van der Waals surface area contributed by atoms with Crippen LogP contribution in [0.2, 0.25) is 0 Å². The van der Waals surface area contributed by atoms with Gasteiger partial charge >= 0.3 is 12.1 Å². The number of rotatable bonds is 5. The molecule has 6 heteroatoms. The van der Waals surface area contributed by atoms with Gasteiger partial charge in [-0.2, -0.15) is 0 Å². The second-order valence-corrected chi connectivity index (χ2v) is 7.24. The van der Waals surface area contributed by atoms with E-state index in [9.17, 15) is 9.59 Å². The van der Waals surface area contributed by atoms with E-state index in [1.165, 1.54) is 46.3 Å². The Bertz CT molecular complexity index is 387. The molecule has 1 aliphatic rings. The summed E-state index contributed by atoms with van der Waals surface area (Å²) in [5.74, 6) is 0.722. The molecule has 0 saturated heterocycles. The number of imide groups is 1. The topological polar surface area (TPSA) is 59.1 Å². The number of hydrogen-bond acceptors (Lipinski definition) is 4. The fourth-order valence-corrected chi connectivity index (χ4v) is 2.84. The summed E-state index contributed by atoms with van der Waals surface area (Å²) in [5.41, 5.74) is -0.634. The van der Waals surface area contributed by atoms with Gasteiger partial charge in [-0.05, 0) is 39.5 Å². The lowest BCUT2D eigenvalue weighted by atomic mass is 9.86. The Kier molecular flexibility index (Phi) is 7.82. The Labute approximate surface area is 140 Å². The van der Waals surface area contributed by atoms with Gasteiger partial charge in [-0.1, -0.05) is 32.1 Å². The van der Waals surface area contributed by atoms with Gasteiger partial charge in [-0.15, -0.1) is 0 Å². The van der Waals surface area contributed by atoms with Crippen LogP contribution in [0.1, 0.15) is 65.7 Å². The van der Waals surface area contributed by atoms with Crippen molar-refractivity contribution in [3.05, 3.63) is 0 Å². The van der Waals surface area contributed by atoms with E-state index in [0.29, 0.717) is 6.54 Å². The van der Waals surface area contributed by atoms with E-state index in [-0.39, 0.29) is 0 Å². The van der Waals surface area contributed by atoms with Crippen molar-refractivity contribution in [1.82, 2.24) is 9.96 Å². The number of nitrogens with zero attached hydrogens (tertiary/aromatic N) is 2. The van der Waals surface area contributed by atoms with Gasteiger partial charge in [0, 0.05) is 13.6 Å². The highest BCUT2D eigenvalue weighted by Gasteiger charge is 2.29. The SMILES string of the molecule is CON(C)C(=O)N(CCCC1CCCCC1)C(=O)OC(C)(C)C. The molecule has 0 N–H and O–H groups in total. The lowest BCUT2D eigenvalue weighted by molar-refractivity contribution is -0.0769. The summed E-state index contributed by atoms with van der Waals surface area (Å²) in [6, 6.07) is -0.495. The molecule has 0 aromatic heterocycles. The number of carbonyl (C=O) groups is 2. The standard InChI is InChI=1S/C17H32N2O4/c1-17(2,3)23-16(21)19(15(20)18(4)22-5)13-9-12-14-10-7-6-8-11-14/h14H,6-13H2,1-5H3. The summed E-state index contributed by atoms with van der Waals surface area (Å²) >= 11 is 0. The van der Waals surface area contributed by atoms with Crippen molar-refractivity contribution in [2.45, 2.75) is 71.3 Å². The van der Waals surface area contributed by atoms with Crippen molar-refractivity contribution < 1.29 is 19.2 Å². The van der Waals surface area contributed by atoms with Crippen LogP contribution in [-0.2, 0) is 9.57 Å². The first-order valence-corrected chi connectivity index (χ1v) is 8.57. The second-order valence-electron chi connectivity index (χ2n) is 7.24. The van der Waals surface area contributed by atoms with Crippen LogP contribution in [-0.4, -0.2) is 48.4 Å². The maximum Gasteiger partial charge on any atom is 0.418 e. The number of ether oxygens (including phenoxy) is 1.